The van der Waals surface area contributed by atoms with Crippen molar-refractivity contribution in [1.29, 1.82) is 0 Å². The lowest BCUT2D eigenvalue weighted by atomic mass is 10.0. The van der Waals surface area contributed by atoms with Crippen molar-refractivity contribution in [3.8, 4) is 0 Å². The van der Waals surface area contributed by atoms with E-state index in [1.807, 2.05) is 0 Å². The zero-order valence-electron chi connectivity index (χ0n) is 17.9. The molecule has 0 rings (SSSR count). The van der Waals surface area contributed by atoms with E-state index in [0.29, 0.717) is 25.9 Å². The number of aliphatic hydroxyl groups excluding tert-OH is 2. The molecule has 2 amide bonds. The van der Waals surface area contributed by atoms with Gasteiger partial charge in [-0.15, -0.1) is 0 Å². The second-order valence-electron chi connectivity index (χ2n) is 7.60. The van der Waals surface area contributed by atoms with Crippen molar-refractivity contribution < 1.29 is 19.8 Å². The number of carbonyl (C=O) groups is 2. The van der Waals surface area contributed by atoms with Gasteiger partial charge in [0, 0.05) is 25.9 Å². The minimum atomic E-state index is 0.0125. The largest absolute Gasteiger partial charge is 0.395 e. The van der Waals surface area contributed by atoms with Gasteiger partial charge < -0.3 is 20.8 Å². The molecule has 0 aromatic carbocycles. The van der Waals surface area contributed by atoms with E-state index in [0.717, 1.165) is 25.7 Å². The Morgan fingerprint density at radius 2 is 0.714 bits per heavy atom. The molecule has 4 N–H and O–H groups in total. The van der Waals surface area contributed by atoms with E-state index in [1.54, 1.807) is 0 Å². The van der Waals surface area contributed by atoms with E-state index in [-0.39, 0.29) is 25.0 Å². The highest BCUT2D eigenvalue weighted by Crippen LogP contribution is 2.13. The molecule has 0 aliphatic carbocycles. The van der Waals surface area contributed by atoms with Crippen molar-refractivity contribution in [2.24, 2.45) is 0 Å². The molecule has 0 aromatic rings. The van der Waals surface area contributed by atoms with E-state index in [2.05, 4.69) is 10.6 Å². The summed E-state index contributed by atoms with van der Waals surface area (Å²) in [7, 11) is 0. The van der Waals surface area contributed by atoms with Crippen LogP contribution >= 0.6 is 0 Å². The molecule has 0 aliphatic rings. The quantitative estimate of drug-likeness (QED) is 0.222. The summed E-state index contributed by atoms with van der Waals surface area (Å²) in [6, 6.07) is 0. The van der Waals surface area contributed by atoms with Crippen molar-refractivity contribution in [2.45, 2.75) is 103 Å². The standard InChI is InChI=1S/C22H44N2O4/c25-19-17-23-21(27)15-13-11-9-7-5-3-1-2-4-6-8-10-12-14-16-22(28)24-18-20-26/h25-26H,1-20H2,(H,23,27)(H,24,28). The first kappa shape index (κ1) is 26.9. The van der Waals surface area contributed by atoms with E-state index in [9.17, 15) is 9.59 Å². The highest BCUT2D eigenvalue weighted by molar-refractivity contribution is 5.76. The zero-order valence-corrected chi connectivity index (χ0v) is 17.9. The number of nitrogens with one attached hydrogen (secondary N) is 2. The zero-order chi connectivity index (χ0) is 20.7. The molecule has 28 heavy (non-hydrogen) atoms. The van der Waals surface area contributed by atoms with Crippen molar-refractivity contribution in [2.75, 3.05) is 26.3 Å². The van der Waals surface area contributed by atoms with Crippen LogP contribution in [0.15, 0.2) is 0 Å². The summed E-state index contributed by atoms with van der Waals surface area (Å²) in [6.07, 6.45) is 18.2. The molecule has 166 valence electrons. The fourth-order valence-electron chi connectivity index (χ4n) is 3.26. The van der Waals surface area contributed by atoms with Gasteiger partial charge in [0.05, 0.1) is 13.2 Å². The maximum Gasteiger partial charge on any atom is 0.220 e. The number of aliphatic hydroxyl groups is 2. The van der Waals surface area contributed by atoms with Crippen LogP contribution in [0.2, 0.25) is 0 Å². The number of hydrogen-bond acceptors (Lipinski definition) is 4. The SMILES string of the molecule is O=C(CCCCCCCCCCCCCCCCC(=O)NCCO)NCCO. The van der Waals surface area contributed by atoms with Crippen LogP contribution in [-0.4, -0.2) is 48.3 Å². The van der Waals surface area contributed by atoms with Crippen LogP contribution < -0.4 is 10.6 Å². The number of unbranched alkanes of at least 4 members (excludes halogenated alkanes) is 13. The molecule has 6 heteroatoms. The Hall–Kier alpha value is -1.14. The third kappa shape index (κ3) is 21.2. The second kappa shape index (κ2) is 22.2. The van der Waals surface area contributed by atoms with Gasteiger partial charge in [0.2, 0.25) is 11.8 Å². The number of rotatable bonds is 21. The van der Waals surface area contributed by atoms with Crippen LogP contribution in [0.1, 0.15) is 103 Å². The topological polar surface area (TPSA) is 98.7 Å². The third-order valence-electron chi connectivity index (χ3n) is 4.93. The Bertz CT molecular complexity index is 330. The van der Waals surface area contributed by atoms with Crippen LogP contribution in [0.5, 0.6) is 0 Å². The molecule has 0 radical (unpaired) electrons. The summed E-state index contributed by atoms with van der Waals surface area (Å²) in [5, 5.41) is 22.6. The average molecular weight is 401 g/mol. The molecule has 0 unspecified atom stereocenters. The first-order valence-corrected chi connectivity index (χ1v) is 11.5. The Morgan fingerprint density at radius 1 is 0.464 bits per heavy atom. The molecule has 0 aromatic heterocycles. The van der Waals surface area contributed by atoms with E-state index < -0.39 is 0 Å². The van der Waals surface area contributed by atoms with Gasteiger partial charge in [0.15, 0.2) is 0 Å². The van der Waals surface area contributed by atoms with Gasteiger partial charge in [0.25, 0.3) is 0 Å². The molecule has 0 saturated heterocycles. The molecule has 6 nitrogen and oxygen atoms in total. The highest BCUT2D eigenvalue weighted by Gasteiger charge is 2.01. The summed E-state index contributed by atoms with van der Waals surface area (Å²) < 4.78 is 0. The smallest absolute Gasteiger partial charge is 0.220 e. The summed E-state index contributed by atoms with van der Waals surface area (Å²) in [5.74, 6) is 0.107. The normalized spacial score (nSPS) is 10.8. The minimum absolute atomic E-state index is 0.0125. The maximum absolute atomic E-state index is 11.4. The molecule has 0 fully saturated rings. The Labute approximate surface area is 171 Å². The summed E-state index contributed by atoms with van der Waals surface area (Å²) in [5.41, 5.74) is 0. The highest BCUT2D eigenvalue weighted by atomic mass is 16.3. The Kier molecular flexibility index (Phi) is 21.3. The van der Waals surface area contributed by atoms with Crippen LogP contribution in [0.25, 0.3) is 0 Å². The predicted octanol–water partition coefficient (Wildman–Crippen LogP) is 3.45. The molecule has 0 aliphatic heterocycles. The summed E-state index contributed by atoms with van der Waals surface area (Å²) >= 11 is 0. The van der Waals surface area contributed by atoms with Gasteiger partial charge in [0.1, 0.15) is 0 Å². The average Bonchev–Trinajstić information content (AvgIpc) is 2.70. The summed E-state index contributed by atoms with van der Waals surface area (Å²) in [4.78, 5) is 22.7. The fourth-order valence-corrected chi connectivity index (χ4v) is 3.26. The number of hydrogen-bond donors (Lipinski definition) is 4. The van der Waals surface area contributed by atoms with Gasteiger partial charge in [-0.25, -0.2) is 0 Å². The van der Waals surface area contributed by atoms with Gasteiger partial charge in [-0.05, 0) is 12.8 Å². The second-order valence-corrected chi connectivity index (χ2v) is 7.60. The first-order valence-electron chi connectivity index (χ1n) is 11.5. The predicted molar refractivity (Wildman–Crippen MR) is 114 cm³/mol. The van der Waals surface area contributed by atoms with Crippen LogP contribution in [0.4, 0.5) is 0 Å². The van der Waals surface area contributed by atoms with Crippen LogP contribution in [0, 0.1) is 0 Å². The lowest BCUT2D eigenvalue weighted by Crippen LogP contribution is -2.25. The van der Waals surface area contributed by atoms with Gasteiger partial charge in [-0.1, -0.05) is 77.0 Å². The third-order valence-corrected chi connectivity index (χ3v) is 4.93. The molecular weight excluding hydrogens is 356 g/mol. The Balaban J connectivity index is 3.12. The number of carbonyl (C=O) groups excluding carboxylic acids is 2. The Morgan fingerprint density at radius 3 is 0.964 bits per heavy atom. The molecule has 0 heterocycles. The van der Waals surface area contributed by atoms with Crippen molar-refractivity contribution in [3.05, 3.63) is 0 Å². The van der Waals surface area contributed by atoms with E-state index in [4.69, 9.17) is 10.2 Å². The van der Waals surface area contributed by atoms with Crippen LogP contribution in [0.3, 0.4) is 0 Å². The molecule has 0 spiro atoms. The maximum atomic E-state index is 11.4. The number of amides is 2. The van der Waals surface area contributed by atoms with Crippen molar-refractivity contribution in [3.63, 3.8) is 0 Å². The van der Waals surface area contributed by atoms with E-state index >= 15 is 0 Å². The molecule has 0 saturated carbocycles. The molecule has 0 bridgehead atoms. The molecular formula is C22H44N2O4. The van der Waals surface area contributed by atoms with Gasteiger partial charge >= 0.3 is 0 Å². The lowest BCUT2D eigenvalue weighted by Gasteiger charge is -2.05. The monoisotopic (exact) mass is 400 g/mol. The lowest BCUT2D eigenvalue weighted by molar-refractivity contribution is -0.122. The first-order chi connectivity index (χ1) is 13.7. The van der Waals surface area contributed by atoms with E-state index in [1.165, 1.54) is 64.2 Å². The fraction of sp³-hybridized carbons (Fsp3) is 0.909. The van der Waals surface area contributed by atoms with Crippen molar-refractivity contribution in [1.82, 2.24) is 10.6 Å². The molecule has 0 atom stereocenters. The van der Waals surface area contributed by atoms with Gasteiger partial charge in [-0.3, -0.25) is 9.59 Å². The van der Waals surface area contributed by atoms with Crippen LogP contribution in [-0.2, 0) is 9.59 Å². The van der Waals surface area contributed by atoms with Crippen molar-refractivity contribution >= 4 is 11.8 Å². The summed E-state index contributed by atoms with van der Waals surface area (Å²) in [6.45, 7) is 0.754. The van der Waals surface area contributed by atoms with Gasteiger partial charge in [-0.2, -0.15) is 0 Å². The minimum Gasteiger partial charge on any atom is -0.395 e.